The van der Waals surface area contributed by atoms with E-state index in [1.165, 1.54) is 67.1 Å². The van der Waals surface area contributed by atoms with E-state index >= 15 is 0 Å². The van der Waals surface area contributed by atoms with Gasteiger partial charge in [0.1, 0.15) is 0 Å². The molecule has 0 aromatic heterocycles. The van der Waals surface area contributed by atoms with E-state index in [1.807, 2.05) is 0 Å². The molecular weight excluding hydrogens is 454 g/mol. The molecule has 0 amide bonds. The third-order valence-electron chi connectivity index (χ3n) is 4.34. The predicted molar refractivity (Wildman–Crippen MR) is 121 cm³/mol. The number of benzene rings is 2. The van der Waals surface area contributed by atoms with Crippen LogP contribution in [-0.2, 0) is 23.3 Å². The molecule has 0 bridgehead atoms. The first-order valence-corrected chi connectivity index (χ1v) is 11.6. The summed E-state index contributed by atoms with van der Waals surface area (Å²) in [6, 6.07) is 13.6. The number of halogens is 2. The Bertz CT molecular complexity index is 923. The summed E-state index contributed by atoms with van der Waals surface area (Å²) in [4.78, 5) is 0. The van der Waals surface area contributed by atoms with Gasteiger partial charge in [0.15, 0.2) is 0 Å². The van der Waals surface area contributed by atoms with E-state index in [9.17, 15) is 0 Å². The fraction of sp³-hybridized carbons (Fsp3) is 0.136. The van der Waals surface area contributed by atoms with Crippen molar-refractivity contribution >= 4 is 58.8 Å². The SMILES string of the molecule is Cc1ccc2c(c1)[cH-]c1c(C3=CC=CC3)c(C)ccc12.Cl.Cl.[CH3-].[CH3-].[Si]=[Zr]. The molecule has 0 saturated heterocycles. The van der Waals surface area contributed by atoms with Crippen molar-refractivity contribution < 1.29 is 23.3 Å². The van der Waals surface area contributed by atoms with Gasteiger partial charge < -0.3 is 14.9 Å². The summed E-state index contributed by atoms with van der Waals surface area (Å²) >= 11 is 1.36. The van der Waals surface area contributed by atoms with Gasteiger partial charge in [-0.2, -0.15) is 0 Å². The Morgan fingerprint density at radius 1 is 0.962 bits per heavy atom. The van der Waals surface area contributed by atoms with Gasteiger partial charge in [-0.05, 0) is 20.3 Å². The van der Waals surface area contributed by atoms with Gasteiger partial charge >= 0.3 is 30.2 Å². The molecule has 138 valence electrons. The molecule has 0 saturated carbocycles. The van der Waals surface area contributed by atoms with Gasteiger partial charge in [-0.15, -0.1) is 58.5 Å². The second-order valence-corrected chi connectivity index (χ2v) is 5.78. The van der Waals surface area contributed by atoms with Crippen molar-refractivity contribution in [2.45, 2.75) is 20.3 Å². The molecule has 0 N–H and O–H groups in total. The van der Waals surface area contributed by atoms with E-state index in [2.05, 4.69) is 75.4 Å². The van der Waals surface area contributed by atoms with E-state index in [4.69, 9.17) is 0 Å². The zero-order chi connectivity index (χ0) is 15.7. The average Bonchev–Trinajstić information content (AvgIpc) is 3.16. The van der Waals surface area contributed by atoms with Gasteiger partial charge in [-0.25, -0.2) is 0 Å². The van der Waals surface area contributed by atoms with Crippen molar-refractivity contribution in [3.63, 3.8) is 0 Å². The Kier molecular flexibility index (Phi) is 12.8. The van der Waals surface area contributed by atoms with Crippen LogP contribution in [0.5, 0.6) is 0 Å². The van der Waals surface area contributed by atoms with Crippen molar-refractivity contribution in [2.24, 2.45) is 0 Å². The average molecular weight is 480 g/mol. The van der Waals surface area contributed by atoms with Crippen LogP contribution >= 0.6 is 24.8 Å². The number of hydrogen-bond acceptors (Lipinski definition) is 0. The Morgan fingerprint density at radius 2 is 1.62 bits per heavy atom. The van der Waals surface area contributed by atoms with E-state index in [0.29, 0.717) is 0 Å². The minimum atomic E-state index is 0. The van der Waals surface area contributed by atoms with Gasteiger partial charge in [0.25, 0.3) is 0 Å². The van der Waals surface area contributed by atoms with Crippen molar-refractivity contribution in [2.75, 3.05) is 0 Å². The quantitative estimate of drug-likeness (QED) is 0.260. The van der Waals surface area contributed by atoms with Crippen LogP contribution in [0.25, 0.3) is 27.1 Å². The van der Waals surface area contributed by atoms with Crippen LogP contribution in [0.4, 0.5) is 0 Å². The Labute approximate surface area is 187 Å². The molecule has 4 heteroatoms. The zero-order valence-corrected chi connectivity index (χ0v) is 20.8. The molecule has 0 fully saturated rings. The van der Waals surface area contributed by atoms with E-state index < -0.39 is 0 Å². The maximum absolute atomic E-state index is 3.06. The molecule has 0 atom stereocenters. The van der Waals surface area contributed by atoms with Crippen molar-refractivity contribution in [1.29, 1.82) is 0 Å². The third-order valence-corrected chi connectivity index (χ3v) is 4.34. The van der Waals surface area contributed by atoms with Gasteiger partial charge in [0.05, 0.1) is 0 Å². The Morgan fingerprint density at radius 3 is 2.23 bits per heavy atom. The predicted octanol–water partition coefficient (Wildman–Crippen LogP) is 7.03. The molecule has 3 aromatic rings. The normalized spacial score (nSPS) is 11.2. The van der Waals surface area contributed by atoms with Crippen LogP contribution in [0.15, 0.2) is 54.6 Å². The molecule has 26 heavy (non-hydrogen) atoms. The first-order valence-electron chi connectivity index (χ1n) is 7.44. The van der Waals surface area contributed by atoms with Crippen molar-refractivity contribution in [3.05, 3.63) is 86.2 Å². The van der Waals surface area contributed by atoms with Gasteiger partial charge in [0, 0.05) is 0 Å². The summed E-state index contributed by atoms with van der Waals surface area (Å²) in [5.74, 6) is 0. The number of rotatable bonds is 1. The molecular formula is C22H25Cl2SiZr-3. The molecule has 3 aromatic carbocycles. The summed E-state index contributed by atoms with van der Waals surface area (Å²) in [5.41, 5.74) is 5.58. The van der Waals surface area contributed by atoms with Crippen LogP contribution in [0.1, 0.15) is 23.1 Å². The molecule has 1 aliphatic rings. The summed E-state index contributed by atoms with van der Waals surface area (Å²) < 4.78 is 0. The third kappa shape index (κ3) is 5.04. The van der Waals surface area contributed by atoms with Crippen LogP contribution in [0.3, 0.4) is 0 Å². The fourth-order valence-corrected chi connectivity index (χ4v) is 3.37. The van der Waals surface area contributed by atoms with Crippen LogP contribution < -0.4 is 0 Å². The van der Waals surface area contributed by atoms with Gasteiger partial charge in [-0.1, -0.05) is 64.8 Å². The molecule has 2 radical (unpaired) electrons. The van der Waals surface area contributed by atoms with E-state index in [-0.39, 0.29) is 39.7 Å². The number of hydrogen-bond donors (Lipinski definition) is 0. The molecule has 1 aliphatic carbocycles. The molecule has 0 spiro atoms. The second-order valence-electron chi connectivity index (χ2n) is 5.78. The first kappa shape index (κ1) is 27.7. The number of fused-ring (bicyclic) bond motifs is 3. The van der Waals surface area contributed by atoms with E-state index in [0.717, 1.165) is 6.42 Å². The van der Waals surface area contributed by atoms with Gasteiger partial charge in [-0.3, -0.25) is 0 Å². The molecule has 0 heterocycles. The van der Waals surface area contributed by atoms with Crippen molar-refractivity contribution in [1.82, 2.24) is 0 Å². The summed E-state index contributed by atoms with van der Waals surface area (Å²) in [5, 5.41) is 5.52. The second kappa shape index (κ2) is 12.0. The number of allylic oxidation sites excluding steroid dienone is 4. The fourth-order valence-electron chi connectivity index (χ4n) is 3.37. The standard InChI is InChI=1S/C20H17.2CH3.2ClH.Si.Zr/c1-13-7-9-17-16(11-13)12-19-18(17)10-8-14(2)20(19)15-5-3-4-6-15;;;;;;/h3-5,7-12H,6H2,1-2H3;2*1H3;2*1H;;/q3*-1;;;;. The summed E-state index contributed by atoms with van der Waals surface area (Å²) in [6.45, 7) is 7.44. The Hall–Kier alpha value is -0.530. The monoisotopic (exact) mass is 477 g/mol. The van der Waals surface area contributed by atoms with Gasteiger partial charge in [0.2, 0.25) is 0 Å². The van der Waals surface area contributed by atoms with Crippen LogP contribution in [0.2, 0.25) is 0 Å². The molecule has 0 aliphatic heterocycles. The Balaban J connectivity index is 0. The topological polar surface area (TPSA) is 0 Å². The number of aryl methyl sites for hydroxylation is 2. The molecule has 4 rings (SSSR count). The first-order chi connectivity index (χ1) is 10.7. The van der Waals surface area contributed by atoms with Crippen molar-refractivity contribution in [3.8, 4) is 0 Å². The maximum atomic E-state index is 3.06. The zero-order valence-electron chi connectivity index (χ0n) is 15.7. The summed E-state index contributed by atoms with van der Waals surface area (Å²) in [6.07, 6.45) is 7.71. The van der Waals surface area contributed by atoms with E-state index in [1.54, 1.807) is 0 Å². The van der Waals surface area contributed by atoms with Crippen LogP contribution in [-0.4, -0.2) is 6.88 Å². The molecule has 0 nitrogen and oxygen atoms in total. The summed E-state index contributed by atoms with van der Waals surface area (Å²) in [7, 11) is 0. The van der Waals surface area contributed by atoms with Crippen LogP contribution in [0, 0.1) is 28.7 Å². The molecule has 0 unspecified atom stereocenters. The minimum absolute atomic E-state index is 0.